The maximum Gasteiger partial charge on any atom is 0.265 e. The average Bonchev–Trinajstić information content (AvgIpc) is 3.00. The molecule has 0 radical (unpaired) electrons. The number of aromatic amines is 1. The number of H-pyrrole nitrogens is 1. The van der Waals surface area contributed by atoms with Crippen molar-refractivity contribution >= 4 is 33.1 Å². The molecule has 0 aliphatic heterocycles. The van der Waals surface area contributed by atoms with Crippen LogP contribution in [0, 0.1) is 0 Å². The van der Waals surface area contributed by atoms with Crippen molar-refractivity contribution in [1.29, 1.82) is 0 Å². The minimum Gasteiger partial charge on any atom is -0.495 e. The van der Waals surface area contributed by atoms with Crippen molar-refractivity contribution < 1.29 is 9.53 Å². The molecule has 1 aromatic carbocycles. The predicted octanol–water partition coefficient (Wildman–Crippen LogP) is 2.89. The van der Waals surface area contributed by atoms with E-state index in [0.717, 1.165) is 10.2 Å². The van der Waals surface area contributed by atoms with Gasteiger partial charge in [0.2, 0.25) is 0 Å². The summed E-state index contributed by atoms with van der Waals surface area (Å²) in [7, 11) is 1.57. The summed E-state index contributed by atoms with van der Waals surface area (Å²) in [5, 5.41) is 10.5. The Morgan fingerprint density at radius 3 is 3.05 bits per heavy atom. The molecule has 0 bridgehead atoms. The molecule has 0 unspecified atom stereocenters. The van der Waals surface area contributed by atoms with Gasteiger partial charge in [0.15, 0.2) is 0 Å². The fourth-order valence-electron chi connectivity index (χ4n) is 1.79. The lowest BCUT2D eigenvalue weighted by Gasteiger charge is -2.08. The minimum absolute atomic E-state index is 0.154. The standard InChI is InChI=1S/C13H11N3O2S/c1-18-10-5-3-2-4-9(10)15-12(17)11-6-8-7-14-16-13(8)19-11/h2-7H,1H3,(H,14,16)(H,15,17). The third kappa shape index (κ3) is 2.17. The molecule has 0 saturated heterocycles. The number of nitrogens with one attached hydrogen (secondary N) is 2. The zero-order valence-corrected chi connectivity index (χ0v) is 11.0. The molecule has 0 saturated carbocycles. The summed E-state index contributed by atoms with van der Waals surface area (Å²) in [5.41, 5.74) is 0.658. The zero-order valence-electron chi connectivity index (χ0n) is 10.1. The van der Waals surface area contributed by atoms with Crippen LogP contribution in [0.2, 0.25) is 0 Å². The monoisotopic (exact) mass is 273 g/mol. The van der Waals surface area contributed by atoms with Crippen molar-refractivity contribution in [2.24, 2.45) is 0 Å². The van der Waals surface area contributed by atoms with E-state index in [0.29, 0.717) is 16.3 Å². The van der Waals surface area contributed by atoms with Crippen LogP contribution in [0.15, 0.2) is 36.5 Å². The van der Waals surface area contributed by atoms with E-state index < -0.39 is 0 Å². The third-order valence-corrected chi connectivity index (χ3v) is 3.76. The number of rotatable bonds is 3. The Kier molecular flexibility index (Phi) is 2.92. The molecule has 19 heavy (non-hydrogen) atoms. The number of aromatic nitrogens is 2. The van der Waals surface area contributed by atoms with E-state index in [2.05, 4.69) is 15.5 Å². The van der Waals surface area contributed by atoms with E-state index in [1.54, 1.807) is 25.4 Å². The van der Waals surface area contributed by atoms with Gasteiger partial charge in [0.05, 0.1) is 23.9 Å². The lowest BCUT2D eigenvalue weighted by molar-refractivity contribution is 0.103. The van der Waals surface area contributed by atoms with Crippen LogP contribution in [-0.4, -0.2) is 23.2 Å². The Labute approximate surface area is 113 Å². The Hall–Kier alpha value is -2.34. The van der Waals surface area contributed by atoms with Crippen molar-refractivity contribution in [2.45, 2.75) is 0 Å². The number of hydrogen-bond donors (Lipinski definition) is 2. The number of nitrogens with zero attached hydrogens (tertiary/aromatic N) is 1. The number of para-hydroxylation sites is 2. The van der Waals surface area contributed by atoms with Crippen molar-refractivity contribution in [3.8, 4) is 5.75 Å². The second kappa shape index (κ2) is 4.74. The van der Waals surface area contributed by atoms with Crippen molar-refractivity contribution in [2.75, 3.05) is 12.4 Å². The first kappa shape index (κ1) is 11.7. The lowest BCUT2D eigenvalue weighted by Crippen LogP contribution is -2.10. The molecule has 0 atom stereocenters. The lowest BCUT2D eigenvalue weighted by atomic mass is 10.3. The molecule has 0 aliphatic rings. The number of anilines is 1. The fourth-order valence-corrected chi connectivity index (χ4v) is 2.67. The Bertz CT molecular complexity index is 704. The first-order chi connectivity index (χ1) is 9.28. The number of methoxy groups -OCH3 is 1. The quantitative estimate of drug-likeness (QED) is 0.771. The average molecular weight is 273 g/mol. The summed E-state index contributed by atoms with van der Waals surface area (Å²) in [6, 6.07) is 9.12. The number of ether oxygens (including phenoxy) is 1. The van der Waals surface area contributed by atoms with Gasteiger partial charge in [0.1, 0.15) is 10.6 Å². The van der Waals surface area contributed by atoms with Crippen LogP contribution in [0.25, 0.3) is 10.2 Å². The molecule has 0 aliphatic carbocycles. The maximum absolute atomic E-state index is 12.2. The first-order valence-electron chi connectivity index (χ1n) is 5.65. The van der Waals surface area contributed by atoms with Crippen molar-refractivity contribution in [3.05, 3.63) is 41.4 Å². The summed E-state index contributed by atoms with van der Waals surface area (Å²) >= 11 is 1.37. The Balaban J connectivity index is 1.86. The molecule has 0 fully saturated rings. The first-order valence-corrected chi connectivity index (χ1v) is 6.47. The minimum atomic E-state index is -0.154. The number of carbonyl (C=O) groups excluding carboxylic acids is 1. The Morgan fingerprint density at radius 1 is 1.42 bits per heavy atom. The van der Waals surface area contributed by atoms with E-state index in [1.807, 2.05) is 18.2 Å². The zero-order chi connectivity index (χ0) is 13.2. The molecule has 96 valence electrons. The van der Waals surface area contributed by atoms with E-state index in [4.69, 9.17) is 4.74 Å². The predicted molar refractivity (Wildman–Crippen MR) is 74.9 cm³/mol. The van der Waals surface area contributed by atoms with Gasteiger partial charge >= 0.3 is 0 Å². The molecule has 3 rings (SSSR count). The number of benzene rings is 1. The highest BCUT2D eigenvalue weighted by atomic mass is 32.1. The largest absolute Gasteiger partial charge is 0.495 e. The molecule has 5 nitrogen and oxygen atoms in total. The van der Waals surface area contributed by atoms with E-state index in [9.17, 15) is 4.79 Å². The van der Waals surface area contributed by atoms with Gasteiger partial charge in [-0.1, -0.05) is 12.1 Å². The van der Waals surface area contributed by atoms with E-state index >= 15 is 0 Å². The number of fused-ring (bicyclic) bond motifs is 1. The normalized spacial score (nSPS) is 10.6. The van der Waals surface area contributed by atoms with Crippen molar-refractivity contribution in [3.63, 3.8) is 0 Å². The molecule has 1 amide bonds. The molecule has 2 N–H and O–H groups in total. The number of amides is 1. The van der Waals surface area contributed by atoms with Crippen LogP contribution in [0.3, 0.4) is 0 Å². The van der Waals surface area contributed by atoms with Crippen LogP contribution in [0.5, 0.6) is 5.75 Å². The van der Waals surface area contributed by atoms with Gasteiger partial charge < -0.3 is 10.1 Å². The summed E-state index contributed by atoms with van der Waals surface area (Å²) in [6.07, 6.45) is 1.70. The molecule has 6 heteroatoms. The highest BCUT2D eigenvalue weighted by Crippen LogP contribution is 2.27. The van der Waals surface area contributed by atoms with Gasteiger partial charge in [-0.25, -0.2) is 0 Å². The summed E-state index contributed by atoms with van der Waals surface area (Å²) in [4.78, 5) is 13.7. The second-order valence-electron chi connectivity index (χ2n) is 3.92. The topological polar surface area (TPSA) is 67.0 Å². The molecule has 2 heterocycles. The van der Waals surface area contributed by atoms with Crippen LogP contribution in [-0.2, 0) is 0 Å². The van der Waals surface area contributed by atoms with Gasteiger partial charge in [0, 0.05) is 5.39 Å². The number of carbonyl (C=O) groups is 1. The van der Waals surface area contributed by atoms with Gasteiger partial charge in [0.25, 0.3) is 5.91 Å². The van der Waals surface area contributed by atoms with Crippen LogP contribution in [0.1, 0.15) is 9.67 Å². The summed E-state index contributed by atoms with van der Waals surface area (Å²) < 4.78 is 5.20. The Morgan fingerprint density at radius 2 is 2.26 bits per heavy atom. The second-order valence-corrected chi connectivity index (χ2v) is 4.97. The molecular formula is C13H11N3O2S. The molecule has 2 aromatic heterocycles. The van der Waals surface area contributed by atoms with Crippen LogP contribution < -0.4 is 10.1 Å². The molecular weight excluding hydrogens is 262 g/mol. The summed E-state index contributed by atoms with van der Waals surface area (Å²) in [6.45, 7) is 0. The smallest absolute Gasteiger partial charge is 0.265 e. The SMILES string of the molecule is COc1ccccc1NC(=O)c1cc2cn[nH]c2s1. The third-order valence-electron chi connectivity index (χ3n) is 2.71. The maximum atomic E-state index is 12.2. The highest BCUT2D eigenvalue weighted by Gasteiger charge is 2.13. The van der Waals surface area contributed by atoms with Crippen molar-refractivity contribution in [1.82, 2.24) is 10.2 Å². The van der Waals surface area contributed by atoms with Gasteiger partial charge in [-0.05, 0) is 18.2 Å². The highest BCUT2D eigenvalue weighted by molar-refractivity contribution is 7.20. The van der Waals surface area contributed by atoms with Gasteiger partial charge in [-0.2, -0.15) is 5.10 Å². The molecule has 3 aromatic rings. The van der Waals surface area contributed by atoms with E-state index in [1.165, 1.54) is 11.3 Å². The van der Waals surface area contributed by atoms with Crippen LogP contribution >= 0.6 is 11.3 Å². The fraction of sp³-hybridized carbons (Fsp3) is 0.0769. The summed E-state index contributed by atoms with van der Waals surface area (Å²) in [5.74, 6) is 0.485. The molecule has 0 spiro atoms. The number of hydrogen-bond acceptors (Lipinski definition) is 4. The van der Waals surface area contributed by atoms with E-state index in [-0.39, 0.29) is 5.91 Å². The van der Waals surface area contributed by atoms with Gasteiger partial charge in [-0.15, -0.1) is 11.3 Å². The van der Waals surface area contributed by atoms with Gasteiger partial charge in [-0.3, -0.25) is 9.89 Å². The number of thiophene rings is 1. The van der Waals surface area contributed by atoms with Crippen LogP contribution in [0.4, 0.5) is 5.69 Å².